The van der Waals surface area contributed by atoms with Gasteiger partial charge in [0.25, 0.3) is 0 Å². The Morgan fingerprint density at radius 2 is 0.718 bits per heavy atom. The van der Waals surface area contributed by atoms with Crippen molar-refractivity contribution in [1.82, 2.24) is 9.13 Å². The van der Waals surface area contributed by atoms with Crippen LogP contribution >= 0.6 is 0 Å². The molecule has 16 aromatic rings. The molecule has 16 rings (SSSR count). The number of hydrogen-bond donors (Lipinski definition) is 0. The molecule has 0 saturated heterocycles. The third kappa shape index (κ3) is 6.70. The summed E-state index contributed by atoms with van der Waals surface area (Å²) in [6, 6.07) is 95.9. The molecular weight excluding hydrogens is 953 g/mol. The lowest BCUT2D eigenvalue weighted by atomic mass is 9.96. The van der Waals surface area contributed by atoms with Crippen molar-refractivity contribution < 1.29 is 8.83 Å². The van der Waals surface area contributed by atoms with Gasteiger partial charge in [-0.15, -0.1) is 0 Å². The van der Waals surface area contributed by atoms with E-state index in [1.165, 1.54) is 32.4 Å². The van der Waals surface area contributed by atoms with E-state index < -0.39 is 0 Å². The smallest absolute Gasteiger partial charge is 0.159 e. The predicted molar refractivity (Wildman–Crippen MR) is 324 cm³/mol. The fourth-order valence-electron chi connectivity index (χ4n) is 12.4. The summed E-state index contributed by atoms with van der Waals surface area (Å²) in [6.07, 6.45) is 3.63. The molecule has 0 saturated carbocycles. The molecule has 0 atom stereocenters. The first-order valence-corrected chi connectivity index (χ1v) is 26.5. The maximum Gasteiger partial charge on any atom is 0.159 e. The Morgan fingerprint density at radius 1 is 0.282 bits per heavy atom. The molecule has 0 aliphatic heterocycles. The van der Waals surface area contributed by atoms with Gasteiger partial charge in [0.1, 0.15) is 11.3 Å². The van der Waals surface area contributed by atoms with E-state index in [0.29, 0.717) is 0 Å². The molecule has 4 heterocycles. The lowest BCUT2D eigenvalue weighted by molar-refractivity contribution is 0.613. The van der Waals surface area contributed by atoms with E-state index in [1.807, 2.05) is 12.5 Å². The van der Waals surface area contributed by atoms with E-state index >= 15 is 0 Å². The molecule has 0 radical (unpaired) electrons. The number of para-hydroxylation sites is 4. The Labute approximate surface area is 448 Å². The highest BCUT2D eigenvalue weighted by molar-refractivity contribution is 6.21. The number of rotatable bonds is 9. The van der Waals surface area contributed by atoms with Crippen molar-refractivity contribution in [3.8, 4) is 22.5 Å². The summed E-state index contributed by atoms with van der Waals surface area (Å²) < 4.78 is 18.2. The normalized spacial score (nSPS) is 11.8. The Morgan fingerprint density at radius 3 is 1.29 bits per heavy atom. The standard InChI is InChI=1S/C72H46N4O2/c1-3-21-50(22-4-1)74-65-29-13-11-27-57(65)61-45-53(37-39-67(61)74)73(63-31-15-19-47-17-7-9-25-55(47)63)52-35-33-49(34-36-52)69-59-41-43-78-72(59)70(60-42-44-77-71(60)69)76(64-32-16-20-48-18-8-10-26-56(48)64)54-38-40-68-62(46-54)58-28-12-14-30-66(58)75(68)51-23-5-2-6-24-51/h1-46H. The van der Waals surface area contributed by atoms with Gasteiger partial charge < -0.3 is 27.8 Å². The topological polar surface area (TPSA) is 42.6 Å². The van der Waals surface area contributed by atoms with Crippen molar-refractivity contribution >= 4 is 121 Å². The van der Waals surface area contributed by atoms with Crippen molar-refractivity contribution in [2.24, 2.45) is 0 Å². The van der Waals surface area contributed by atoms with Crippen LogP contribution < -0.4 is 9.80 Å². The van der Waals surface area contributed by atoms with Crippen LogP contribution in [0.15, 0.2) is 288 Å². The molecule has 6 nitrogen and oxygen atoms in total. The molecule has 366 valence electrons. The van der Waals surface area contributed by atoms with Gasteiger partial charge in [0, 0.05) is 77.1 Å². The van der Waals surface area contributed by atoms with Crippen molar-refractivity contribution in [3.63, 3.8) is 0 Å². The van der Waals surface area contributed by atoms with E-state index in [-0.39, 0.29) is 0 Å². The van der Waals surface area contributed by atoms with E-state index in [2.05, 4.69) is 286 Å². The van der Waals surface area contributed by atoms with Gasteiger partial charge in [-0.3, -0.25) is 0 Å². The number of nitrogens with zero attached hydrogens (tertiary/aromatic N) is 4. The van der Waals surface area contributed by atoms with Crippen molar-refractivity contribution in [3.05, 3.63) is 279 Å². The number of benzene rings is 12. The largest absolute Gasteiger partial charge is 0.464 e. The minimum Gasteiger partial charge on any atom is -0.464 e. The first kappa shape index (κ1) is 43.8. The van der Waals surface area contributed by atoms with Gasteiger partial charge in [-0.2, -0.15) is 0 Å². The van der Waals surface area contributed by atoms with Crippen molar-refractivity contribution in [2.45, 2.75) is 0 Å². The zero-order chi connectivity index (χ0) is 51.3. The van der Waals surface area contributed by atoms with Gasteiger partial charge in [-0.25, -0.2) is 0 Å². The molecule has 0 unspecified atom stereocenters. The van der Waals surface area contributed by atoms with Crippen LogP contribution in [-0.2, 0) is 0 Å². The van der Waals surface area contributed by atoms with E-state index in [0.717, 1.165) is 111 Å². The number of furan rings is 2. The van der Waals surface area contributed by atoms with Gasteiger partial charge in [0.15, 0.2) is 5.58 Å². The summed E-state index contributed by atoms with van der Waals surface area (Å²) in [5, 5.41) is 11.2. The van der Waals surface area contributed by atoms with Crippen LogP contribution in [0.5, 0.6) is 0 Å². The van der Waals surface area contributed by atoms with Crippen LogP contribution in [0.1, 0.15) is 0 Å². The number of aromatic nitrogens is 2. The molecule has 0 aliphatic rings. The second kappa shape index (κ2) is 17.5. The summed E-state index contributed by atoms with van der Waals surface area (Å²) in [5.41, 5.74) is 16.5. The second-order valence-corrected chi connectivity index (χ2v) is 20.0. The third-order valence-corrected chi connectivity index (χ3v) is 15.8. The maximum atomic E-state index is 6.76. The SMILES string of the molecule is c1ccc(-n2c3ccccc3c3cc(N(c4ccc(-c5c6ccoc6c(N(c6ccc7c(c6)c6ccccc6n7-c6ccccc6)c6cccc7ccccc67)c6ccoc56)cc4)c4cccc5ccccc45)ccc32)cc1. The van der Waals surface area contributed by atoms with Crippen LogP contribution in [0, 0.1) is 0 Å². The Kier molecular flexibility index (Phi) is 9.84. The summed E-state index contributed by atoms with van der Waals surface area (Å²) in [5.74, 6) is 0. The molecule has 0 amide bonds. The molecular formula is C72H46N4O2. The monoisotopic (exact) mass is 998 g/mol. The van der Waals surface area contributed by atoms with Crippen LogP contribution in [0.4, 0.5) is 34.1 Å². The first-order valence-electron chi connectivity index (χ1n) is 26.5. The lowest BCUT2D eigenvalue weighted by Gasteiger charge is -2.28. The molecule has 4 aromatic heterocycles. The molecule has 12 aromatic carbocycles. The quantitative estimate of drug-likeness (QED) is 0.145. The minimum absolute atomic E-state index is 0.767. The summed E-state index contributed by atoms with van der Waals surface area (Å²) in [7, 11) is 0. The molecule has 0 spiro atoms. The predicted octanol–water partition coefficient (Wildman–Crippen LogP) is 20.3. The van der Waals surface area contributed by atoms with Crippen LogP contribution in [0.25, 0.3) is 110 Å². The van der Waals surface area contributed by atoms with Crippen LogP contribution in [0.3, 0.4) is 0 Å². The Bertz CT molecular complexity index is 4920. The number of anilines is 6. The van der Waals surface area contributed by atoms with Gasteiger partial charge in [-0.05, 0) is 126 Å². The average Bonchev–Trinajstić information content (AvgIpc) is 4.40. The summed E-state index contributed by atoms with van der Waals surface area (Å²) in [6.45, 7) is 0. The Balaban J connectivity index is 0.879. The molecule has 0 bridgehead atoms. The van der Waals surface area contributed by atoms with Crippen molar-refractivity contribution in [2.75, 3.05) is 9.80 Å². The maximum absolute atomic E-state index is 6.76. The zero-order valence-corrected chi connectivity index (χ0v) is 42.2. The second-order valence-electron chi connectivity index (χ2n) is 20.0. The molecule has 6 heteroatoms. The molecule has 0 N–H and O–H groups in total. The highest BCUT2D eigenvalue weighted by Gasteiger charge is 2.28. The van der Waals surface area contributed by atoms with Gasteiger partial charge in [-0.1, -0.05) is 158 Å². The van der Waals surface area contributed by atoms with E-state index in [9.17, 15) is 0 Å². The fourth-order valence-corrected chi connectivity index (χ4v) is 12.4. The first-order chi connectivity index (χ1) is 38.7. The summed E-state index contributed by atoms with van der Waals surface area (Å²) in [4.78, 5) is 4.78. The van der Waals surface area contributed by atoms with Gasteiger partial charge >= 0.3 is 0 Å². The van der Waals surface area contributed by atoms with Crippen LogP contribution in [-0.4, -0.2) is 9.13 Å². The highest BCUT2D eigenvalue weighted by atomic mass is 16.3. The van der Waals surface area contributed by atoms with E-state index in [4.69, 9.17) is 8.83 Å². The lowest BCUT2D eigenvalue weighted by Crippen LogP contribution is -2.11. The zero-order valence-electron chi connectivity index (χ0n) is 42.2. The number of fused-ring (bicyclic) bond motifs is 10. The molecule has 78 heavy (non-hydrogen) atoms. The molecule has 0 fully saturated rings. The highest BCUT2D eigenvalue weighted by Crippen LogP contribution is 2.52. The fraction of sp³-hybridized carbons (Fsp3) is 0. The third-order valence-electron chi connectivity index (χ3n) is 15.8. The summed E-state index contributed by atoms with van der Waals surface area (Å²) >= 11 is 0. The minimum atomic E-state index is 0.767. The average molecular weight is 999 g/mol. The van der Waals surface area contributed by atoms with E-state index in [1.54, 1.807) is 0 Å². The Hall–Kier alpha value is -10.6. The van der Waals surface area contributed by atoms with Crippen LogP contribution in [0.2, 0.25) is 0 Å². The molecule has 0 aliphatic carbocycles. The van der Waals surface area contributed by atoms with Gasteiger partial charge in [0.2, 0.25) is 0 Å². The van der Waals surface area contributed by atoms with Crippen molar-refractivity contribution in [1.29, 1.82) is 0 Å². The number of hydrogen-bond acceptors (Lipinski definition) is 4. The van der Waals surface area contributed by atoms with Gasteiger partial charge in [0.05, 0.1) is 46.0 Å².